The van der Waals surface area contributed by atoms with E-state index in [2.05, 4.69) is 39.8 Å². The van der Waals surface area contributed by atoms with Crippen LogP contribution in [0.15, 0.2) is 0 Å². The molecule has 0 spiro atoms. The first kappa shape index (κ1) is 12.0. The fourth-order valence-corrected chi connectivity index (χ4v) is 1.42. The van der Waals surface area contributed by atoms with Crippen molar-refractivity contribution in [1.29, 1.82) is 0 Å². The van der Waals surface area contributed by atoms with Crippen molar-refractivity contribution in [1.82, 2.24) is 4.90 Å². The Morgan fingerprint density at radius 1 is 1.08 bits per heavy atom. The maximum atomic E-state index is 2.38. The number of hydrogen-bond donors (Lipinski definition) is 0. The standard InChI is InChI=1S/C11H25N/c1-6-10(2)11(3)8-7-9-12(4)5/h10-11H,6-9H2,1-5H3. The highest BCUT2D eigenvalue weighted by Gasteiger charge is 2.09. The van der Waals surface area contributed by atoms with Gasteiger partial charge in [-0.3, -0.25) is 0 Å². The topological polar surface area (TPSA) is 3.24 Å². The average molecular weight is 171 g/mol. The number of nitrogens with zero attached hydrogens (tertiary/aromatic N) is 1. The van der Waals surface area contributed by atoms with Crippen LogP contribution in [-0.4, -0.2) is 25.5 Å². The summed E-state index contributed by atoms with van der Waals surface area (Å²) >= 11 is 0. The molecule has 0 aromatic heterocycles. The van der Waals surface area contributed by atoms with Gasteiger partial charge in [-0.2, -0.15) is 0 Å². The Labute approximate surface area is 78.1 Å². The highest BCUT2D eigenvalue weighted by molar-refractivity contribution is 4.61. The summed E-state index contributed by atoms with van der Waals surface area (Å²) in [6.07, 6.45) is 4.05. The van der Waals surface area contributed by atoms with E-state index >= 15 is 0 Å². The Balaban J connectivity index is 3.37. The summed E-state index contributed by atoms with van der Waals surface area (Å²) in [6.45, 7) is 8.26. The summed E-state index contributed by atoms with van der Waals surface area (Å²) in [5, 5.41) is 0. The van der Waals surface area contributed by atoms with Crippen LogP contribution in [0, 0.1) is 11.8 Å². The van der Waals surface area contributed by atoms with Gasteiger partial charge >= 0.3 is 0 Å². The van der Waals surface area contributed by atoms with Gasteiger partial charge in [0.1, 0.15) is 0 Å². The van der Waals surface area contributed by atoms with E-state index in [1.807, 2.05) is 0 Å². The maximum absolute atomic E-state index is 2.38. The van der Waals surface area contributed by atoms with Gasteiger partial charge in [0.2, 0.25) is 0 Å². The molecule has 0 saturated heterocycles. The normalized spacial score (nSPS) is 16.5. The van der Waals surface area contributed by atoms with Gasteiger partial charge in [0.15, 0.2) is 0 Å². The van der Waals surface area contributed by atoms with Crippen molar-refractivity contribution in [2.24, 2.45) is 11.8 Å². The summed E-state index contributed by atoms with van der Waals surface area (Å²) in [6, 6.07) is 0. The molecule has 0 heterocycles. The minimum absolute atomic E-state index is 0.896. The molecular weight excluding hydrogens is 146 g/mol. The summed E-state index contributed by atoms with van der Waals surface area (Å²) in [4.78, 5) is 2.27. The van der Waals surface area contributed by atoms with E-state index in [9.17, 15) is 0 Å². The van der Waals surface area contributed by atoms with Crippen LogP contribution in [0.5, 0.6) is 0 Å². The molecule has 1 heteroatoms. The molecule has 0 aliphatic carbocycles. The van der Waals surface area contributed by atoms with Crippen LogP contribution in [-0.2, 0) is 0 Å². The Morgan fingerprint density at radius 3 is 2.08 bits per heavy atom. The first-order valence-electron chi connectivity index (χ1n) is 5.22. The molecule has 0 amide bonds. The lowest BCUT2D eigenvalue weighted by atomic mass is 9.90. The van der Waals surface area contributed by atoms with E-state index in [4.69, 9.17) is 0 Å². The van der Waals surface area contributed by atoms with Crippen molar-refractivity contribution in [3.63, 3.8) is 0 Å². The van der Waals surface area contributed by atoms with E-state index in [1.165, 1.54) is 25.8 Å². The molecule has 1 nitrogen and oxygen atoms in total. The van der Waals surface area contributed by atoms with Gasteiger partial charge in [-0.1, -0.05) is 27.2 Å². The molecule has 0 bridgehead atoms. The SMILES string of the molecule is CCC(C)C(C)CCCN(C)C. The molecule has 0 rings (SSSR count). The fraction of sp³-hybridized carbons (Fsp3) is 1.00. The lowest BCUT2D eigenvalue weighted by Crippen LogP contribution is -2.15. The largest absolute Gasteiger partial charge is 0.309 e. The molecule has 0 aliphatic rings. The van der Waals surface area contributed by atoms with Crippen molar-refractivity contribution in [2.75, 3.05) is 20.6 Å². The monoisotopic (exact) mass is 171 g/mol. The van der Waals surface area contributed by atoms with Gasteiger partial charge in [0.05, 0.1) is 0 Å². The molecule has 0 N–H and O–H groups in total. The van der Waals surface area contributed by atoms with Crippen LogP contribution >= 0.6 is 0 Å². The zero-order valence-corrected chi connectivity index (χ0v) is 9.43. The van der Waals surface area contributed by atoms with Gasteiger partial charge in [0.25, 0.3) is 0 Å². The summed E-state index contributed by atoms with van der Waals surface area (Å²) in [5.41, 5.74) is 0. The molecule has 0 radical (unpaired) electrons. The summed E-state index contributed by atoms with van der Waals surface area (Å²) in [7, 11) is 4.29. The second-order valence-corrected chi connectivity index (χ2v) is 4.31. The van der Waals surface area contributed by atoms with Crippen molar-refractivity contribution < 1.29 is 0 Å². The average Bonchev–Trinajstić information content (AvgIpc) is 2.02. The molecule has 0 saturated carbocycles. The molecule has 74 valence electrons. The van der Waals surface area contributed by atoms with Gasteiger partial charge in [-0.25, -0.2) is 0 Å². The highest BCUT2D eigenvalue weighted by Crippen LogP contribution is 2.19. The zero-order valence-electron chi connectivity index (χ0n) is 9.43. The van der Waals surface area contributed by atoms with Crippen molar-refractivity contribution >= 4 is 0 Å². The molecule has 2 atom stereocenters. The van der Waals surface area contributed by atoms with Gasteiger partial charge in [-0.05, 0) is 45.3 Å². The third-order valence-electron chi connectivity index (χ3n) is 2.88. The van der Waals surface area contributed by atoms with Crippen LogP contribution in [0.1, 0.15) is 40.0 Å². The predicted molar refractivity (Wildman–Crippen MR) is 56.4 cm³/mol. The van der Waals surface area contributed by atoms with Crippen LogP contribution in [0.3, 0.4) is 0 Å². The molecular formula is C11H25N. The molecule has 0 aromatic carbocycles. The first-order valence-corrected chi connectivity index (χ1v) is 5.22. The van der Waals surface area contributed by atoms with E-state index in [0.717, 1.165) is 11.8 Å². The Morgan fingerprint density at radius 2 is 1.67 bits per heavy atom. The van der Waals surface area contributed by atoms with Crippen LogP contribution in [0.4, 0.5) is 0 Å². The van der Waals surface area contributed by atoms with Crippen molar-refractivity contribution in [3.05, 3.63) is 0 Å². The lowest BCUT2D eigenvalue weighted by molar-refractivity contribution is 0.316. The molecule has 0 aliphatic heterocycles. The van der Waals surface area contributed by atoms with Gasteiger partial charge in [-0.15, -0.1) is 0 Å². The van der Waals surface area contributed by atoms with Crippen LogP contribution < -0.4 is 0 Å². The summed E-state index contributed by atoms with van der Waals surface area (Å²) < 4.78 is 0. The Kier molecular flexibility index (Phi) is 6.45. The first-order chi connectivity index (χ1) is 5.57. The molecule has 0 aromatic rings. The number of rotatable bonds is 6. The minimum atomic E-state index is 0.896. The van der Waals surface area contributed by atoms with Crippen LogP contribution in [0.25, 0.3) is 0 Å². The Hall–Kier alpha value is -0.0400. The Bertz CT molecular complexity index is 99.2. The van der Waals surface area contributed by atoms with Gasteiger partial charge in [0, 0.05) is 0 Å². The third-order valence-corrected chi connectivity index (χ3v) is 2.88. The van der Waals surface area contributed by atoms with Crippen LogP contribution in [0.2, 0.25) is 0 Å². The van der Waals surface area contributed by atoms with Crippen molar-refractivity contribution in [3.8, 4) is 0 Å². The summed E-state index contributed by atoms with van der Waals surface area (Å²) in [5.74, 6) is 1.79. The third kappa shape index (κ3) is 5.59. The molecule has 0 fully saturated rings. The van der Waals surface area contributed by atoms with E-state index in [1.54, 1.807) is 0 Å². The number of hydrogen-bond acceptors (Lipinski definition) is 1. The van der Waals surface area contributed by atoms with E-state index < -0.39 is 0 Å². The lowest BCUT2D eigenvalue weighted by Gasteiger charge is -2.19. The highest BCUT2D eigenvalue weighted by atomic mass is 15.0. The quantitative estimate of drug-likeness (QED) is 0.594. The predicted octanol–water partition coefficient (Wildman–Crippen LogP) is 3.01. The fourth-order valence-electron chi connectivity index (χ4n) is 1.42. The second-order valence-electron chi connectivity index (χ2n) is 4.31. The van der Waals surface area contributed by atoms with Gasteiger partial charge < -0.3 is 4.90 Å². The molecule has 2 unspecified atom stereocenters. The van der Waals surface area contributed by atoms with Crippen molar-refractivity contribution in [2.45, 2.75) is 40.0 Å². The van der Waals surface area contributed by atoms with E-state index in [-0.39, 0.29) is 0 Å². The minimum Gasteiger partial charge on any atom is -0.309 e. The second kappa shape index (κ2) is 6.47. The maximum Gasteiger partial charge on any atom is -0.00247 e. The van der Waals surface area contributed by atoms with E-state index in [0.29, 0.717) is 0 Å². The molecule has 12 heavy (non-hydrogen) atoms. The zero-order chi connectivity index (χ0) is 9.56. The smallest absolute Gasteiger partial charge is 0.00247 e.